The summed E-state index contributed by atoms with van der Waals surface area (Å²) in [5.41, 5.74) is 0.359. The molecular weight excluding hydrogens is 420 g/mol. The van der Waals surface area contributed by atoms with E-state index in [1.807, 2.05) is 0 Å². The van der Waals surface area contributed by atoms with Gasteiger partial charge in [-0.25, -0.2) is 9.59 Å². The van der Waals surface area contributed by atoms with Crippen molar-refractivity contribution in [1.82, 2.24) is 4.57 Å². The molecule has 3 aromatic rings. The number of nitrogens with zero attached hydrogens (tertiary/aromatic N) is 1. The number of hydrogen-bond acceptors (Lipinski definition) is 2. The molecule has 0 saturated carbocycles. The fourth-order valence-corrected chi connectivity index (χ4v) is 2.59. The first kappa shape index (κ1) is 22.8. The first-order chi connectivity index (χ1) is 13.8. The van der Waals surface area contributed by atoms with Gasteiger partial charge in [-0.05, 0) is 29.8 Å². The Labute approximate surface area is 164 Å². The van der Waals surface area contributed by atoms with Crippen LogP contribution in [0.4, 0.5) is 26.3 Å². The number of aliphatic carboxylic acids is 1. The Morgan fingerprint density at radius 2 is 1.47 bits per heavy atom. The van der Waals surface area contributed by atoms with Crippen LogP contribution in [-0.2, 0) is 17.5 Å². The van der Waals surface area contributed by atoms with Crippen molar-refractivity contribution < 1.29 is 46.1 Å². The first-order valence-electron chi connectivity index (χ1n) is 8.08. The van der Waals surface area contributed by atoms with Gasteiger partial charge in [0.25, 0.3) is 0 Å². The number of carboxylic acid groups (broad SMARTS) is 2. The number of aromatic nitrogens is 1. The summed E-state index contributed by atoms with van der Waals surface area (Å²) >= 11 is 0. The quantitative estimate of drug-likeness (QED) is 0.568. The van der Waals surface area contributed by atoms with E-state index >= 15 is 0 Å². The molecule has 30 heavy (non-hydrogen) atoms. The van der Waals surface area contributed by atoms with Gasteiger partial charge in [-0.15, -0.1) is 0 Å². The van der Waals surface area contributed by atoms with Crippen molar-refractivity contribution in [2.24, 2.45) is 0 Å². The predicted octanol–water partition coefficient (Wildman–Crippen LogP) is 5.04. The number of hydrogen-bond donors (Lipinski definition) is 2. The van der Waals surface area contributed by atoms with E-state index in [-0.39, 0.29) is 12.2 Å². The van der Waals surface area contributed by atoms with Gasteiger partial charge in [0.05, 0.1) is 5.56 Å². The number of benzene rings is 2. The van der Waals surface area contributed by atoms with Crippen LogP contribution in [0.15, 0.2) is 54.6 Å². The van der Waals surface area contributed by atoms with Gasteiger partial charge in [-0.2, -0.15) is 26.3 Å². The second-order valence-electron chi connectivity index (χ2n) is 5.98. The topological polar surface area (TPSA) is 79.5 Å². The summed E-state index contributed by atoms with van der Waals surface area (Å²) in [4.78, 5) is 20.3. The normalized spacial score (nSPS) is 11.7. The molecule has 0 spiro atoms. The van der Waals surface area contributed by atoms with Gasteiger partial charge >= 0.3 is 24.3 Å². The molecule has 0 amide bonds. The van der Waals surface area contributed by atoms with Crippen molar-refractivity contribution in [3.8, 4) is 0 Å². The van der Waals surface area contributed by atoms with Crippen LogP contribution >= 0.6 is 0 Å². The number of aromatic carboxylic acids is 1. The molecule has 1 aromatic heterocycles. The highest BCUT2D eigenvalue weighted by atomic mass is 19.4. The molecule has 0 radical (unpaired) electrons. The van der Waals surface area contributed by atoms with Gasteiger partial charge in [-0.1, -0.05) is 30.3 Å². The lowest BCUT2D eigenvalue weighted by Gasteiger charge is -2.11. The van der Waals surface area contributed by atoms with Crippen LogP contribution in [-0.4, -0.2) is 32.9 Å². The molecular formula is C19H13F6NO4. The molecule has 0 aliphatic carbocycles. The van der Waals surface area contributed by atoms with Gasteiger partial charge in [0, 0.05) is 17.4 Å². The summed E-state index contributed by atoms with van der Waals surface area (Å²) in [5.74, 6) is -3.87. The average molecular weight is 433 g/mol. The zero-order valence-electron chi connectivity index (χ0n) is 14.8. The van der Waals surface area contributed by atoms with Gasteiger partial charge < -0.3 is 14.8 Å². The molecule has 0 aliphatic heterocycles. The highest BCUT2D eigenvalue weighted by Gasteiger charge is 2.38. The lowest BCUT2D eigenvalue weighted by Crippen LogP contribution is -2.21. The fraction of sp³-hybridized carbons (Fsp3) is 0.158. The van der Waals surface area contributed by atoms with E-state index < -0.39 is 29.9 Å². The molecule has 2 N–H and O–H groups in total. The van der Waals surface area contributed by atoms with Crippen LogP contribution in [0.5, 0.6) is 0 Å². The second kappa shape index (κ2) is 8.47. The van der Waals surface area contributed by atoms with Crippen molar-refractivity contribution in [3.63, 3.8) is 0 Å². The third-order valence-electron chi connectivity index (χ3n) is 3.87. The summed E-state index contributed by atoms with van der Waals surface area (Å²) in [6.07, 6.45) is -9.51. The molecule has 0 bridgehead atoms. The second-order valence-corrected chi connectivity index (χ2v) is 5.98. The monoisotopic (exact) mass is 433 g/mol. The Morgan fingerprint density at radius 3 is 2.00 bits per heavy atom. The molecule has 3 rings (SSSR count). The van der Waals surface area contributed by atoms with Crippen molar-refractivity contribution >= 4 is 22.8 Å². The van der Waals surface area contributed by atoms with Gasteiger partial charge in [0.15, 0.2) is 0 Å². The van der Waals surface area contributed by atoms with Crippen LogP contribution < -0.4 is 0 Å². The zero-order valence-corrected chi connectivity index (χ0v) is 14.8. The van der Waals surface area contributed by atoms with Crippen LogP contribution in [0.1, 0.15) is 21.6 Å². The number of carbonyl (C=O) groups is 2. The first-order valence-corrected chi connectivity index (χ1v) is 8.08. The highest BCUT2D eigenvalue weighted by Crippen LogP contribution is 2.30. The number of halogens is 6. The molecule has 160 valence electrons. The molecule has 0 atom stereocenters. The number of fused-ring (bicyclic) bond motifs is 1. The molecule has 0 fully saturated rings. The molecule has 1 heterocycles. The average Bonchev–Trinajstić information content (AvgIpc) is 3.00. The fourth-order valence-electron chi connectivity index (χ4n) is 2.59. The van der Waals surface area contributed by atoms with E-state index in [0.29, 0.717) is 11.1 Å². The number of para-hydroxylation sites is 1. The molecule has 0 aliphatic rings. The molecule has 2 aromatic carbocycles. The van der Waals surface area contributed by atoms with E-state index in [0.717, 1.165) is 17.5 Å². The Bertz CT molecular complexity index is 1070. The van der Waals surface area contributed by atoms with Gasteiger partial charge in [0.2, 0.25) is 0 Å². The van der Waals surface area contributed by atoms with Crippen LogP contribution in [0.3, 0.4) is 0 Å². The minimum Gasteiger partial charge on any atom is -0.477 e. The van der Waals surface area contributed by atoms with Crippen LogP contribution in [0.2, 0.25) is 0 Å². The summed E-state index contributed by atoms with van der Waals surface area (Å²) in [6, 6.07) is 13.5. The summed E-state index contributed by atoms with van der Waals surface area (Å²) in [7, 11) is 0. The van der Waals surface area contributed by atoms with Crippen LogP contribution in [0.25, 0.3) is 10.9 Å². The van der Waals surface area contributed by atoms with Crippen molar-refractivity contribution in [1.29, 1.82) is 0 Å². The highest BCUT2D eigenvalue weighted by molar-refractivity contribution is 5.94. The lowest BCUT2D eigenvalue weighted by atomic mass is 10.1. The Balaban J connectivity index is 0.000000396. The van der Waals surface area contributed by atoms with Crippen molar-refractivity contribution in [2.45, 2.75) is 18.9 Å². The molecule has 0 unspecified atom stereocenters. The number of carboxylic acids is 2. The van der Waals surface area contributed by atoms with E-state index in [2.05, 4.69) is 0 Å². The van der Waals surface area contributed by atoms with E-state index in [4.69, 9.17) is 9.90 Å². The van der Waals surface area contributed by atoms with Gasteiger partial charge in [0.1, 0.15) is 5.69 Å². The maximum absolute atomic E-state index is 12.8. The Kier molecular flexibility index (Phi) is 6.44. The SMILES string of the molecule is O=C(O)C(F)(F)F.O=C(O)c1cc2ccccc2n1Cc1cccc(C(F)(F)F)c1. The molecule has 11 heteroatoms. The van der Waals surface area contributed by atoms with Crippen LogP contribution in [0, 0.1) is 0 Å². The minimum atomic E-state index is -5.08. The standard InChI is InChI=1S/C17H12F3NO2.C2HF3O2/c18-17(19,20)13-6-3-4-11(8-13)10-21-14-7-2-1-5-12(14)9-15(21)16(22)23;3-2(4,5)1(6)7/h1-9H,10H2,(H,22,23);(H,6,7). The maximum atomic E-state index is 12.8. The third kappa shape index (κ3) is 5.52. The minimum absolute atomic E-state index is 0.0450. The van der Waals surface area contributed by atoms with E-state index in [1.165, 1.54) is 16.7 Å². The lowest BCUT2D eigenvalue weighted by molar-refractivity contribution is -0.192. The van der Waals surface area contributed by atoms with E-state index in [1.54, 1.807) is 30.3 Å². The largest absolute Gasteiger partial charge is 0.490 e. The summed E-state index contributed by atoms with van der Waals surface area (Å²) < 4.78 is 71.7. The number of alkyl halides is 6. The Morgan fingerprint density at radius 1 is 0.867 bits per heavy atom. The molecule has 0 saturated heterocycles. The van der Waals surface area contributed by atoms with Crippen molar-refractivity contribution in [2.75, 3.05) is 0 Å². The predicted molar refractivity (Wildman–Crippen MR) is 93.1 cm³/mol. The molecule has 5 nitrogen and oxygen atoms in total. The smallest absolute Gasteiger partial charge is 0.477 e. The van der Waals surface area contributed by atoms with E-state index in [9.17, 15) is 36.2 Å². The summed E-state index contributed by atoms with van der Waals surface area (Å²) in [5, 5.41) is 17.2. The van der Waals surface area contributed by atoms with Crippen molar-refractivity contribution in [3.05, 3.63) is 71.4 Å². The third-order valence-corrected chi connectivity index (χ3v) is 3.87. The maximum Gasteiger partial charge on any atom is 0.490 e. The zero-order chi connectivity index (χ0) is 22.7. The number of rotatable bonds is 3. The summed E-state index contributed by atoms with van der Waals surface area (Å²) in [6.45, 7) is 0.0546. The Hall–Kier alpha value is -3.50. The van der Waals surface area contributed by atoms with Gasteiger partial charge in [-0.3, -0.25) is 0 Å².